The van der Waals surface area contributed by atoms with Crippen molar-refractivity contribution < 1.29 is 14.3 Å². The molecule has 1 aromatic carbocycles. The van der Waals surface area contributed by atoms with Crippen LogP contribution in [-0.4, -0.2) is 23.5 Å². The van der Waals surface area contributed by atoms with Crippen molar-refractivity contribution in [3.8, 4) is 0 Å². The summed E-state index contributed by atoms with van der Waals surface area (Å²) in [6.45, 7) is 2.19. The number of nitrogens with zero attached hydrogens (tertiary/aromatic N) is 1. The molecule has 0 aliphatic carbocycles. The third kappa shape index (κ3) is 6.04. The lowest BCUT2D eigenvalue weighted by Gasteiger charge is -2.05. The zero-order valence-corrected chi connectivity index (χ0v) is 13.6. The fourth-order valence-corrected chi connectivity index (χ4v) is 2.41. The van der Waals surface area contributed by atoms with Crippen molar-refractivity contribution >= 4 is 35.0 Å². The van der Waals surface area contributed by atoms with Gasteiger partial charge in [-0.3, -0.25) is 9.59 Å². The zero-order valence-electron chi connectivity index (χ0n) is 12.8. The minimum atomic E-state index is -0.211. The monoisotopic (exact) mass is 330 g/mol. The van der Waals surface area contributed by atoms with Gasteiger partial charge in [0, 0.05) is 23.6 Å². The van der Waals surface area contributed by atoms with Crippen molar-refractivity contribution in [1.82, 2.24) is 4.98 Å². The van der Waals surface area contributed by atoms with Crippen molar-refractivity contribution in [2.75, 3.05) is 11.9 Å². The molecule has 0 unspecified atom stereocenters. The zero-order chi connectivity index (χ0) is 16.5. The first kappa shape index (κ1) is 16.9. The quantitative estimate of drug-likeness (QED) is 0.625. The van der Waals surface area contributed by atoms with E-state index in [1.54, 1.807) is 18.5 Å². The number of carbonyl (C=O) groups excluding carboxylic acids is 2. The molecule has 1 aromatic heterocycles. The summed E-state index contributed by atoms with van der Waals surface area (Å²) in [5, 5.41) is 4.64. The molecule has 1 amide bonds. The number of thiazole rings is 1. The Morgan fingerprint density at radius 1 is 1.30 bits per heavy atom. The Bertz CT molecular complexity index is 664. The van der Waals surface area contributed by atoms with E-state index in [4.69, 9.17) is 4.74 Å². The Balaban J connectivity index is 1.82. The van der Waals surface area contributed by atoms with Crippen LogP contribution in [0.3, 0.4) is 0 Å². The maximum absolute atomic E-state index is 11.8. The smallest absolute Gasteiger partial charge is 0.306 e. The highest BCUT2D eigenvalue weighted by molar-refractivity contribution is 7.07. The van der Waals surface area contributed by atoms with Crippen LogP contribution >= 0.6 is 11.3 Å². The topological polar surface area (TPSA) is 68.3 Å². The van der Waals surface area contributed by atoms with Gasteiger partial charge in [0.25, 0.3) is 0 Å². The summed E-state index contributed by atoms with van der Waals surface area (Å²) in [6.07, 6.45) is 4.09. The van der Waals surface area contributed by atoms with Crippen molar-refractivity contribution in [2.45, 2.75) is 19.8 Å². The maximum atomic E-state index is 11.8. The van der Waals surface area contributed by atoms with Crippen molar-refractivity contribution in [2.24, 2.45) is 0 Å². The molecule has 0 fully saturated rings. The minimum absolute atomic E-state index is 0.197. The summed E-state index contributed by atoms with van der Waals surface area (Å²) < 4.78 is 4.89. The van der Waals surface area contributed by atoms with Crippen LogP contribution in [-0.2, 0) is 20.7 Å². The summed E-state index contributed by atoms with van der Waals surface area (Å²) in [4.78, 5) is 27.2. The van der Waals surface area contributed by atoms with Gasteiger partial charge in [-0.25, -0.2) is 4.98 Å². The number of nitrogens with one attached hydrogen (secondary N) is 1. The molecular formula is C17H18N2O3S. The number of aryl methyl sites for hydroxylation is 1. The van der Waals surface area contributed by atoms with Gasteiger partial charge in [0.05, 0.1) is 17.8 Å². The number of benzene rings is 1. The summed E-state index contributed by atoms with van der Waals surface area (Å²) >= 11 is 1.48. The number of carbonyl (C=O) groups is 2. The maximum Gasteiger partial charge on any atom is 0.306 e. The fourth-order valence-electron chi connectivity index (χ4n) is 1.88. The average molecular weight is 330 g/mol. The average Bonchev–Trinajstić information content (AvgIpc) is 3.06. The van der Waals surface area contributed by atoms with E-state index in [1.165, 1.54) is 17.4 Å². The van der Waals surface area contributed by atoms with E-state index in [0.29, 0.717) is 25.1 Å². The highest BCUT2D eigenvalue weighted by Crippen LogP contribution is 2.12. The molecule has 23 heavy (non-hydrogen) atoms. The van der Waals surface area contributed by atoms with Crippen LogP contribution in [0.4, 0.5) is 5.69 Å². The van der Waals surface area contributed by atoms with Crippen LogP contribution in [0.1, 0.15) is 24.6 Å². The number of rotatable bonds is 7. The lowest BCUT2D eigenvalue weighted by atomic mass is 10.1. The Morgan fingerprint density at radius 3 is 2.74 bits per heavy atom. The molecule has 0 aliphatic rings. The van der Waals surface area contributed by atoms with Gasteiger partial charge in [-0.1, -0.05) is 12.1 Å². The molecule has 0 atom stereocenters. The third-order valence-electron chi connectivity index (χ3n) is 3.00. The first-order valence-electron chi connectivity index (χ1n) is 7.29. The van der Waals surface area contributed by atoms with Gasteiger partial charge in [0.15, 0.2) is 0 Å². The molecule has 0 radical (unpaired) electrons. The summed E-state index contributed by atoms with van der Waals surface area (Å²) in [7, 11) is 0. The van der Waals surface area contributed by atoms with E-state index in [9.17, 15) is 9.59 Å². The Kier molecular flexibility index (Phi) is 6.50. The number of amides is 1. The van der Waals surface area contributed by atoms with E-state index >= 15 is 0 Å². The van der Waals surface area contributed by atoms with E-state index < -0.39 is 0 Å². The van der Waals surface area contributed by atoms with E-state index in [2.05, 4.69) is 10.3 Å². The van der Waals surface area contributed by atoms with Gasteiger partial charge in [-0.2, -0.15) is 0 Å². The van der Waals surface area contributed by atoms with Gasteiger partial charge in [0.2, 0.25) is 5.91 Å². The molecule has 0 saturated carbocycles. The van der Waals surface area contributed by atoms with Crippen molar-refractivity contribution in [3.63, 3.8) is 0 Å². The lowest BCUT2D eigenvalue weighted by molar-refractivity contribution is -0.143. The van der Waals surface area contributed by atoms with Gasteiger partial charge >= 0.3 is 5.97 Å². The molecule has 1 N–H and O–H groups in total. The van der Waals surface area contributed by atoms with Crippen LogP contribution in [0.5, 0.6) is 0 Å². The molecule has 0 spiro atoms. The van der Waals surface area contributed by atoms with E-state index in [-0.39, 0.29) is 11.9 Å². The molecule has 120 valence electrons. The number of anilines is 1. The SMILES string of the molecule is CCOC(=O)CCc1ccc(NC(=O)/C=C\c2cscn2)cc1. The first-order chi connectivity index (χ1) is 11.2. The molecule has 5 nitrogen and oxygen atoms in total. The van der Waals surface area contributed by atoms with E-state index in [1.807, 2.05) is 29.6 Å². The van der Waals surface area contributed by atoms with Crippen molar-refractivity contribution in [1.29, 1.82) is 0 Å². The minimum Gasteiger partial charge on any atom is -0.466 e. The number of esters is 1. The predicted octanol–water partition coefficient (Wildman–Crippen LogP) is 3.29. The highest BCUT2D eigenvalue weighted by atomic mass is 32.1. The normalized spacial score (nSPS) is 10.7. The van der Waals surface area contributed by atoms with Gasteiger partial charge in [-0.15, -0.1) is 11.3 Å². The van der Waals surface area contributed by atoms with Gasteiger partial charge in [0.1, 0.15) is 0 Å². The number of ether oxygens (including phenoxy) is 1. The molecule has 0 aliphatic heterocycles. The molecule has 0 saturated heterocycles. The first-order valence-corrected chi connectivity index (χ1v) is 8.23. The molecule has 0 bridgehead atoms. The number of hydrogen-bond acceptors (Lipinski definition) is 5. The summed E-state index contributed by atoms with van der Waals surface area (Å²) in [6, 6.07) is 7.40. The fraction of sp³-hybridized carbons (Fsp3) is 0.235. The standard InChI is InChI=1S/C17H18N2O3S/c1-2-22-17(21)10-5-13-3-6-14(7-4-13)19-16(20)9-8-15-11-23-12-18-15/h3-4,6-9,11-12H,2,5,10H2,1H3,(H,19,20)/b9-8-. The number of aromatic nitrogens is 1. The Morgan fingerprint density at radius 2 is 2.09 bits per heavy atom. The molecular weight excluding hydrogens is 312 g/mol. The summed E-state index contributed by atoms with van der Waals surface area (Å²) in [5.74, 6) is -0.408. The molecule has 6 heteroatoms. The lowest BCUT2D eigenvalue weighted by Crippen LogP contribution is -2.08. The van der Waals surface area contributed by atoms with Crippen molar-refractivity contribution in [3.05, 3.63) is 52.5 Å². The second kappa shape index (κ2) is 8.85. The largest absolute Gasteiger partial charge is 0.466 e. The molecule has 2 rings (SSSR count). The van der Waals surface area contributed by atoms with Gasteiger partial charge in [-0.05, 0) is 37.1 Å². The van der Waals surface area contributed by atoms with E-state index in [0.717, 1.165) is 11.3 Å². The van der Waals surface area contributed by atoms with Crippen LogP contribution in [0.25, 0.3) is 6.08 Å². The Hall–Kier alpha value is -2.47. The summed E-state index contributed by atoms with van der Waals surface area (Å²) in [5.41, 5.74) is 4.21. The van der Waals surface area contributed by atoms with Crippen LogP contribution in [0.2, 0.25) is 0 Å². The highest BCUT2D eigenvalue weighted by Gasteiger charge is 2.03. The molecule has 2 aromatic rings. The van der Waals surface area contributed by atoms with Crippen LogP contribution in [0.15, 0.2) is 41.2 Å². The van der Waals surface area contributed by atoms with Crippen LogP contribution in [0, 0.1) is 0 Å². The second-order valence-electron chi connectivity index (χ2n) is 4.74. The van der Waals surface area contributed by atoms with Gasteiger partial charge < -0.3 is 10.1 Å². The third-order valence-corrected chi connectivity index (χ3v) is 3.61. The molecule has 1 heterocycles. The predicted molar refractivity (Wildman–Crippen MR) is 91.2 cm³/mol. The number of hydrogen-bond donors (Lipinski definition) is 1. The second-order valence-corrected chi connectivity index (χ2v) is 5.46. The van der Waals surface area contributed by atoms with Crippen LogP contribution < -0.4 is 5.32 Å². The Labute approximate surface area is 139 Å².